The second kappa shape index (κ2) is 7.26. The molecule has 0 fully saturated rings. The zero-order valence-electron chi connectivity index (χ0n) is 16.3. The standard InChI is InChI=1S/C21H22N2O6S/c24-17(13-1-3-18-19(11-13)29-8-7-28-18)12-22-30(26,27)16-9-14-2-4-20(25)23-6-5-15(10-16)21(14)23/h1,3,9-11,17,22,24H,2,4-8,12H2/t17-/m1/s1. The number of ether oxygens (including phenoxy) is 2. The summed E-state index contributed by atoms with van der Waals surface area (Å²) in [4.78, 5) is 14.0. The van der Waals surface area contributed by atoms with Gasteiger partial charge in [0, 0.05) is 19.5 Å². The molecule has 2 aromatic carbocycles. The number of fused-ring (bicyclic) bond motifs is 1. The van der Waals surface area contributed by atoms with Crippen LogP contribution in [0.4, 0.5) is 5.69 Å². The number of nitrogens with one attached hydrogen (secondary N) is 1. The molecule has 9 heteroatoms. The molecular formula is C21H22N2O6S. The van der Waals surface area contributed by atoms with Gasteiger partial charge in [0.15, 0.2) is 11.5 Å². The van der Waals surface area contributed by atoms with Gasteiger partial charge >= 0.3 is 0 Å². The van der Waals surface area contributed by atoms with E-state index in [1.165, 1.54) is 0 Å². The number of amides is 1. The number of sulfonamides is 1. The highest BCUT2D eigenvalue weighted by atomic mass is 32.2. The average molecular weight is 430 g/mol. The number of carbonyl (C=O) groups is 1. The molecule has 158 valence electrons. The predicted molar refractivity (Wildman–Crippen MR) is 108 cm³/mol. The van der Waals surface area contributed by atoms with Gasteiger partial charge in [0.25, 0.3) is 0 Å². The van der Waals surface area contributed by atoms with Crippen LogP contribution >= 0.6 is 0 Å². The molecule has 2 N–H and O–H groups in total. The first-order chi connectivity index (χ1) is 14.4. The minimum atomic E-state index is -3.81. The van der Waals surface area contributed by atoms with E-state index in [-0.39, 0.29) is 17.3 Å². The Balaban J connectivity index is 1.34. The normalized spacial score (nSPS) is 18.3. The van der Waals surface area contributed by atoms with E-state index in [0.29, 0.717) is 56.1 Å². The van der Waals surface area contributed by atoms with E-state index in [1.807, 2.05) is 0 Å². The molecule has 3 aliphatic heterocycles. The Morgan fingerprint density at radius 3 is 2.57 bits per heavy atom. The fourth-order valence-corrected chi connectivity index (χ4v) is 5.38. The highest BCUT2D eigenvalue weighted by Crippen LogP contribution is 2.38. The van der Waals surface area contributed by atoms with Gasteiger partial charge in [-0.15, -0.1) is 0 Å². The van der Waals surface area contributed by atoms with Crippen molar-refractivity contribution < 1.29 is 27.8 Å². The molecule has 0 bridgehead atoms. The topological polar surface area (TPSA) is 105 Å². The molecule has 3 heterocycles. The third kappa shape index (κ3) is 3.32. The zero-order chi connectivity index (χ0) is 20.9. The number of aliphatic hydroxyl groups excluding tert-OH is 1. The van der Waals surface area contributed by atoms with Crippen molar-refractivity contribution in [2.45, 2.75) is 30.3 Å². The maximum Gasteiger partial charge on any atom is 0.240 e. The van der Waals surface area contributed by atoms with E-state index in [2.05, 4.69) is 4.72 Å². The molecule has 3 aliphatic rings. The summed E-state index contributed by atoms with van der Waals surface area (Å²) in [7, 11) is -3.81. The third-order valence-corrected chi connectivity index (χ3v) is 7.16. The monoisotopic (exact) mass is 430 g/mol. The van der Waals surface area contributed by atoms with Crippen LogP contribution in [-0.2, 0) is 27.7 Å². The van der Waals surface area contributed by atoms with Crippen molar-refractivity contribution in [1.29, 1.82) is 0 Å². The summed E-state index contributed by atoms with van der Waals surface area (Å²) in [5.74, 6) is 1.24. The zero-order valence-corrected chi connectivity index (χ0v) is 17.1. The molecule has 1 atom stereocenters. The molecule has 0 radical (unpaired) electrons. The first-order valence-corrected chi connectivity index (χ1v) is 11.4. The van der Waals surface area contributed by atoms with Crippen LogP contribution in [0.3, 0.4) is 0 Å². The second-order valence-electron chi connectivity index (χ2n) is 7.66. The van der Waals surface area contributed by atoms with Crippen molar-refractivity contribution >= 4 is 21.6 Å². The highest BCUT2D eigenvalue weighted by Gasteiger charge is 2.33. The van der Waals surface area contributed by atoms with Crippen molar-refractivity contribution in [1.82, 2.24) is 4.72 Å². The van der Waals surface area contributed by atoms with E-state index < -0.39 is 16.1 Å². The van der Waals surface area contributed by atoms with Crippen LogP contribution in [0.15, 0.2) is 35.2 Å². The molecule has 0 aliphatic carbocycles. The molecule has 8 nitrogen and oxygen atoms in total. The van der Waals surface area contributed by atoms with Crippen LogP contribution in [0.5, 0.6) is 11.5 Å². The maximum absolute atomic E-state index is 12.9. The number of benzene rings is 2. The van der Waals surface area contributed by atoms with Gasteiger partial charge in [-0.05, 0) is 53.8 Å². The molecule has 0 saturated heterocycles. The molecular weight excluding hydrogens is 408 g/mol. The SMILES string of the molecule is O=C1CCc2cc(S(=O)(=O)NC[C@@H](O)c3ccc4c(c3)OCCO4)cc3c2N1CC3. The van der Waals surface area contributed by atoms with Crippen molar-refractivity contribution in [2.24, 2.45) is 0 Å². The largest absolute Gasteiger partial charge is 0.486 e. The first kappa shape index (κ1) is 19.3. The quantitative estimate of drug-likeness (QED) is 0.741. The molecule has 0 unspecified atom stereocenters. The molecule has 5 rings (SSSR count). The van der Waals surface area contributed by atoms with Crippen LogP contribution in [0.25, 0.3) is 0 Å². The Morgan fingerprint density at radius 2 is 1.77 bits per heavy atom. The van der Waals surface area contributed by atoms with E-state index >= 15 is 0 Å². The number of aryl methyl sites for hydroxylation is 1. The van der Waals surface area contributed by atoms with Crippen molar-refractivity contribution in [3.05, 3.63) is 47.0 Å². The molecule has 0 aromatic heterocycles. The summed E-state index contributed by atoms with van der Waals surface area (Å²) in [6.45, 7) is 1.34. The van der Waals surface area contributed by atoms with Crippen LogP contribution in [0, 0.1) is 0 Å². The molecule has 0 spiro atoms. The first-order valence-electron chi connectivity index (χ1n) is 9.96. The second-order valence-corrected chi connectivity index (χ2v) is 9.42. The van der Waals surface area contributed by atoms with E-state index in [0.717, 1.165) is 16.8 Å². The van der Waals surface area contributed by atoms with Crippen LogP contribution in [-0.4, -0.2) is 45.7 Å². The Labute approximate surface area is 174 Å². The fourth-order valence-electron chi connectivity index (χ4n) is 4.24. The van der Waals surface area contributed by atoms with E-state index in [4.69, 9.17) is 9.47 Å². The number of hydrogen-bond acceptors (Lipinski definition) is 6. The van der Waals surface area contributed by atoms with Gasteiger partial charge in [-0.2, -0.15) is 0 Å². The van der Waals surface area contributed by atoms with Crippen LogP contribution in [0.1, 0.15) is 29.2 Å². The van der Waals surface area contributed by atoms with Gasteiger partial charge in [-0.3, -0.25) is 4.79 Å². The van der Waals surface area contributed by atoms with Gasteiger partial charge in [0.1, 0.15) is 13.2 Å². The van der Waals surface area contributed by atoms with Gasteiger partial charge < -0.3 is 19.5 Å². The van der Waals surface area contributed by atoms with Crippen molar-refractivity contribution in [3.63, 3.8) is 0 Å². The fraction of sp³-hybridized carbons (Fsp3) is 0.381. The predicted octanol–water partition coefficient (Wildman–Crippen LogP) is 1.30. The Morgan fingerprint density at radius 1 is 1.03 bits per heavy atom. The number of rotatable bonds is 5. The lowest BCUT2D eigenvalue weighted by atomic mass is 10.00. The number of anilines is 1. The van der Waals surface area contributed by atoms with Gasteiger partial charge in [-0.25, -0.2) is 13.1 Å². The van der Waals surface area contributed by atoms with Gasteiger partial charge in [0.05, 0.1) is 16.7 Å². The summed E-state index contributed by atoms with van der Waals surface area (Å²) in [5.41, 5.74) is 3.19. The third-order valence-electron chi connectivity index (χ3n) is 5.75. The highest BCUT2D eigenvalue weighted by molar-refractivity contribution is 7.89. The minimum absolute atomic E-state index is 0.0949. The lowest BCUT2D eigenvalue weighted by molar-refractivity contribution is -0.118. The lowest BCUT2D eigenvalue weighted by Gasteiger charge is -2.25. The van der Waals surface area contributed by atoms with Gasteiger partial charge in [-0.1, -0.05) is 6.07 Å². The molecule has 1 amide bonds. The Kier molecular flexibility index (Phi) is 4.68. The number of aliphatic hydroxyl groups is 1. The summed E-state index contributed by atoms with van der Waals surface area (Å²) in [5, 5.41) is 10.5. The summed E-state index contributed by atoms with van der Waals surface area (Å²) in [6.07, 6.45) is 0.557. The van der Waals surface area contributed by atoms with E-state index in [9.17, 15) is 18.3 Å². The summed E-state index contributed by atoms with van der Waals surface area (Å²) in [6, 6.07) is 8.34. The molecule has 30 heavy (non-hydrogen) atoms. The van der Waals surface area contributed by atoms with Crippen LogP contribution in [0.2, 0.25) is 0 Å². The minimum Gasteiger partial charge on any atom is -0.486 e. The number of carbonyl (C=O) groups excluding carboxylic acids is 1. The van der Waals surface area contributed by atoms with Gasteiger partial charge in [0.2, 0.25) is 15.9 Å². The average Bonchev–Trinajstić information content (AvgIpc) is 3.20. The molecule has 2 aromatic rings. The Bertz CT molecular complexity index is 1130. The summed E-state index contributed by atoms with van der Waals surface area (Å²) < 4.78 is 39.3. The lowest BCUT2D eigenvalue weighted by Crippen LogP contribution is -2.33. The van der Waals surface area contributed by atoms with E-state index in [1.54, 1.807) is 35.2 Å². The Hall–Kier alpha value is -2.62. The van der Waals surface area contributed by atoms with Crippen molar-refractivity contribution in [2.75, 3.05) is 31.2 Å². The maximum atomic E-state index is 12.9. The van der Waals surface area contributed by atoms with Crippen LogP contribution < -0.4 is 19.1 Å². The number of hydrogen-bond donors (Lipinski definition) is 2. The number of nitrogens with zero attached hydrogens (tertiary/aromatic N) is 1. The van der Waals surface area contributed by atoms with Crippen molar-refractivity contribution in [3.8, 4) is 11.5 Å². The molecule has 0 saturated carbocycles. The smallest absolute Gasteiger partial charge is 0.240 e. The summed E-state index contributed by atoms with van der Waals surface area (Å²) >= 11 is 0.